The first-order chi connectivity index (χ1) is 45.1. The highest BCUT2D eigenvalue weighted by atomic mass is 19.4. The Morgan fingerprint density at radius 3 is 0.957 bits per heavy atom. The number of benzene rings is 9. The molecule has 0 N–H and O–H groups in total. The maximum absolute atomic E-state index is 15.4. The van der Waals surface area contributed by atoms with E-state index in [1.165, 1.54) is 6.07 Å². The summed E-state index contributed by atoms with van der Waals surface area (Å²) in [5.41, 5.74) is 16.4. The minimum absolute atomic E-state index is 0.152. The van der Waals surface area contributed by atoms with Gasteiger partial charge < -0.3 is 4.57 Å². The van der Waals surface area contributed by atoms with Crippen LogP contribution < -0.4 is 0 Å². The van der Waals surface area contributed by atoms with Gasteiger partial charge in [0.2, 0.25) is 0 Å². The van der Waals surface area contributed by atoms with Crippen LogP contribution >= 0.6 is 0 Å². The van der Waals surface area contributed by atoms with Crippen LogP contribution in [0.5, 0.6) is 0 Å². The maximum atomic E-state index is 15.4. The van der Waals surface area contributed by atoms with Crippen molar-refractivity contribution >= 4 is 43.6 Å². The van der Waals surface area contributed by atoms with Crippen molar-refractivity contribution in [3.63, 3.8) is 0 Å². The summed E-state index contributed by atoms with van der Waals surface area (Å²) in [6, 6.07) is 96.4. The number of hydrogen-bond acceptors (Lipinski definition) is 6. The molecule has 0 saturated carbocycles. The Hall–Kier alpha value is -12.4. The summed E-state index contributed by atoms with van der Waals surface area (Å²) in [5, 5.41) is 14.2. The lowest BCUT2D eigenvalue weighted by atomic mass is 9.98. The number of nitrogens with zero attached hydrogens (tertiary/aromatic N) is 8. The van der Waals surface area contributed by atoms with E-state index >= 15 is 13.2 Å². The summed E-state index contributed by atoms with van der Waals surface area (Å²) >= 11 is 0. The molecule has 0 fully saturated rings. The Morgan fingerprint density at radius 1 is 0.304 bits per heavy atom. The van der Waals surface area contributed by atoms with Crippen molar-refractivity contribution < 1.29 is 13.2 Å². The standard InChI is InChI=1S/C81H49F3N8/c82-81(83,84)61-42-51(49-85)41-60(43-61)66-48-80(92-77-46-58(73-31-15-27-69(89-73)54-21-9-3-10-22-54)35-39-64(77)65-40-36-59(47-78(65)92)74-32-16-28-70(90-74)55-23-11-4-12-24-55)86-50-79(66)91-75-44-56(71-29-13-25-67(87-71)52-17-5-1-6-18-52)33-37-62(75)63-38-34-57(45-76(63)91)72-30-14-26-68(88-72)53-19-7-2-8-20-53/h1-48,50H. The first-order valence-electron chi connectivity index (χ1n) is 30.1. The van der Waals surface area contributed by atoms with E-state index in [4.69, 9.17) is 24.9 Å². The predicted molar refractivity (Wildman–Crippen MR) is 363 cm³/mol. The second-order valence-electron chi connectivity index (χ2n) is 22.7. The third-order valence-corrected chi connectivity index (χ3v) is 17.0. The number of nitriles is 1. The lowest BCUT2D eigenvalue weighted by Gasteiger charge is -2.18. The highest BCUT2D eigenvalue weighted by Gasteiger charge is 2.32. The Kier molecular flexibility index (Phi) is 13.5. The van der Waals surface area contributed by atoms with E-state index in [0.717, 1.165) is 146 Å². The van der Waals surface area contributed by atoms with E-state index < -0.39 is 11.7 Å². The summed E-state index contributed by atoms with van der Waals surface area (Å²) in [6.45, 7) is 0. The summed E-state index contributed by atoms with van der Waals surface area (Å²) in [7, 11) is 0. The molecule has 0 aliphatic heterocycles. The van der Waals surface area contributed by atoms with Crippen LogP contribution in [0, 0.1) is 11.3 Å². The summed E-state index contributed by atoms with van der Waals surface area (Å²) in [6.07, 6.45) is -3.05. The molecule has 0 saturated heterocycles. The molecule has 11 heteroatoms. The maximum Gasteiger partial charge on any atom is 0.416 e. The van der Waals surface area contributed by atoms with Crippen LogP contribution in [0.4, 0.5) is 13.2 Å². The molecule has 0 bridgehead atoms. The topological polar surface area (TPSA) is 98.1 Å². The van der Waals surface area contributed by atoms with Gasteiger partial charge in [-0.2, -0.15) is 18.4 Å². The van der Waals surface area contributed by atoms with Gasteiger partial charge in [-0.1, -0.05) is 194 Å². The average Bonchev–Trinajstić information content (AvgIpc) is 1.56. The summed E-state index contributed by atoms with van der Waals surface area (Å²) in [4.78, 5) is 26.2. The zero-order chi connectivity index (χ0) is 61.9. The van der Waals surface area contributed by atoms with Crippen LogP contribution in [0.15, 0.2) is 297 Å². The quantitative estimate of drug-likeness (QED) is 0.128. The second-order valence-corrected chi connectivity index (χ2v) is 22.7. The first-order valence-corrected chi connectivity index (χ1v) is 30.1. The molecule has 0 radical (unpaired) electrons. The summed E-state index contributed by atoms with van der Waals surface area (Å²) < 4.78 is 50.3. The minimum Gasteiger partial charge on any atom is -0.307 e. The van der Waals surface area contributed by atoms with Crippen LogP contribution in [0.25, 0.3) is 156 Å². The summed E-state index contributed by atoms with van der Waals surface area (Å²) in [5.74, 6) is 0.414. The molecule has 8 nitrogen and oxygen atoms in total. The number of aromatic nitrogens is 7. The zero-order valence-electron chi connectivity index (χ0n) is 49.0. The minimum atomic E-state index is -4.80. The van der Waals surface area contributed by atoms with E-state index in [1.807, 2.05) is 200 Å². The van der Waals surface area contributed by atoms with Crippen molar-refractivity contribution in [2.75, 3.05) is 0 Å². The molecule has 9 aromatic carbocycles. The molecule has 7 heterocycles. The number of alkyl halides is 3. The van der Waals surface area contributed by atoms with Crippen molar-refractivity contribution in [3.8, 4) is 119 Å². The molecule has 434 valence electrons. The predicted octanol–water partition coefficient (Wildman–Crippen LogP) is 20.7. The molecule has 0 spiro atoms. The highest BCUT2D eigenvalue weighted by Crippen LogP contribution is 2.44. The number of fused-ring (bicyclic) bond motifs is 6. The van der Waals surface area contributed by atoms with Crippen LogP contribution in [-0.4, -0.2) is 34.1 Å². The van der Waals surface area contributed by atoms with Crippen LogP contribution in [0.3, 0.4) is 0 Å². The third-order valence-electron chi connectivity index (χ3n) is 17.0. The molecule has 0 aliphatic rings. The lowest BCUT2D eigenvalue weighted by Crippen LogP contribution is -2.07. The van der Waals surface area contributed by atoms with Gasteiger partial charge >= 0.3 is 6.18 Å². The van der Waals surface area contributed by atoms with Gasteiger partial charge in [-0.05, 0) is 103 Å². The zero-order valence-corrected chi connectivity index (χ0v) is 49.0. The average molecular weight is 1190 g/mol. The van der Waals surface area contributed by atoms with E-state index in [9.17, 15) is 5.26 Å². The normalized spacial score (nSPS) is 11.6. The Morgan fingerprint density at radius 2 is 0.630 bits per heavy atom. The molecule has 16 aromatic rings. The van der Waals surface area contributed by atoms with E-state index in [2.05, 4.69) is 88.0 Å². The molecular formula is C81H49F3N8. The van der Waals surface area contributed by atoms with Gasteiger partial charge in [0.05, 0.1) is 96.7 Å². The van der Waals surface area contributed by atoms with Crippen LogP contribution in [0.2, 0.25) is 0 Å². The lowest BCUT2D eigenvalue weighted by molar-refractivity contribution is -0.137. The molecule has 16 rings (SSSR count). The van der Waals surface area contributed by atoms with Crippen molar-refractivity contribution in [1.29, 1.82) is 5.26 Å². The number of hydrogen-bond donors (Lipinski definition) is 0. The van der Waals surface area contributed by atoms with E-state index in [1.54, 1.807) is 6.20 Å². The fourth-order valence-corrected chi connectivity index (χ4v) is 12.6. The second kappa shape index (κ2) is 22.6. The Balaban J connectivity index is 0.970. The molecule has 7 aromatic heterocycles. The highest BCUT2D eigenvalue weighted by molar-refractivity contribution is 6.13. The molecule has 0 atom stereocenters. The van der Waals surface area contributed by atoms with E-state index in [-0.39, 0.29) is 11.1 Å². The fraction of sp³-hybridized carbons (Fsp3) is 0.0123. The molecule has 0 amide bonds. The number of pyridine rings is 5. The van der Waals surface area contributed by atoms with E-state index in [0.29, 0.717) is 17.1 Å². The van der Waals surface area contributed by atoms with Gasteiger partial charge in [0.25, 0.3) is 0 Å². The Bertz CT molecular complexity index is 5300. The smallest absolute Gasteiger partial charge is 0.307 e. The van der Waals surface area contributed by atoms with Crippen molar-refractivity contribution in [1.82, 2.24) is 34.1 Å². The molecule has 92 heavy (non-hydrogen) atoms. The largest absolute Gasteiger partial charge is 0.416 e. The van der Waals surface area contributed by atoms with Crippen LogP contribution in [0.1, 0.15) is 11.1 Å². The monoisotopic (exact) mass is 1190 g/mol. The van der Waals surface area contributed by atoms with Crippen molar-refractivity contribution in [3.05, 3.63) is 309 Å². The number of halogens is 3. The van der Waals surface area contributed by atoms with Gasteiger partial charge in [0.15, 0.2) is 0 Å². The first kappa shape index (κ1) is 55.0. The Labute approximate surface area is 526 Å². The fourth-order valence-electron chi connectivity index (χ4n) is 12.6. The third kappa shape index (κ3) is 10.1. The SMILES string of the molecule is N#Cc1cc(-c2cc(-n3c4cc(-c5cccc(-c6ccccc6)n5)ccc4c4ccc(-c5cccc(-c6ccccc6)n5)cc43)ncc2-n2c3cc(-c4cccc(-c5ccccc5)n4)ccc3c3ccc(-c4cccc(-c5ccccc5)n4)cc32)cc(C(F)(F)F)c1. The van der Waals surface area contributed by atoms with Crippen LogP contribution in [-0.2, 0) is 6.18 Å². The van der Waals surface area contributed by atoms with Gasteiger partial charge in [-0.3, -0.25) is 4.57 Å². The van der Waals surface area contributed by atoms with Gasteiger partial charge in [0, 0.05) is 71.6 Å². The van der Waals surface area contributed by atoms with Crippen molar-refractivity contribution in [2.45, 2.75) is 6.18 Å². The van der Waals surface area contributed by atoms with Gasteiger partial charge in [-0.15, -0.1) is 0 Å². The molecule has 0 unspecified atom stereocenters. The molecular weight excluding hydrogens is 1140 g/mol. The number of rotatable bonds is 11. The van der Waals surface area contributed by atoms with Gasteiger partial charge in [-0.25, -0.2) is 24.9 Å². The van der Waals surface area contributed by atoms with Gasteiger partial charge in [0.1, 0.15) is 5.82 Å². The van der Waals surface area contributed by atoms with Crippen molar-refractivity contribution in [2.24, 2.45) is 0 Å². The molecule has 0 aliphatic carbocycles.